The first-order valence-corrected chi connectivity index (χ1v) is 14.1. The number of benzene rings is 1. The van der Waals surface area contributed by atoms with Crippen LogP contribution in [-0.2, 0) is 17.8 Å². The zero-order chi connectivity index (χ0) is 27.1. The molecule has 2 aliphatic rings. The van der Waals surface area contributed by atoms with Crippen molar-refractivity contribution >= 4 is 24.0 Å². The van der Waals surface area contributed by atoms with Crippen LogP contribution >= 0.6 is 0 Å². The maximum absolute atomic E-state index is 13.5. The first-order chi connectivity index (χ1) is 18.4. The van der Waals surface area contributed by atoms with Gasteiger partial charge in [0.25, 0.3) is 5.91 Å². The van der Waals surface area contributed by atoms with Gasteiger partial charge in [-0.25, -0.2) is 14.6 Å². The Morgan fingerprint density at radius 1 is 1.03 bits per heavy atom. The van der Waals surface area contributed by atoms with Gasteiger partial charge in [-0.15, -0.1) is 0 Å². The van der Waals surface area contributed by atoms with E-state index in [0.717, 1.165) is 62.0 Å². The van der Waals surface area contributed by atoms with Gasteiger partial charge in [-0.05, 0) is 55.4 Å². The highest BCUT2D eigenvalue weighted by molar-refractivity contribution is 6.13. The third-order valence-electron chi connectivity index (χ3n) is 7.67. The molecule has 204 valence electrons. The largest absolute Gasteiger partial charge is 0.478 e. The number of hydrogen-bond acceptors (Lipinski definition) is 4. The van der Waals surface area contributed by atoms with E-state index in [9.17, 15) is 19.5 Å². The minimum atomic E-state index is -0.955. The van der Waals surface area contributed by atoms with E-state index in [1.54, 1.807) is 23.2 Å². The second-order valence-electron chi connectivity index (χ2n) is 10.5. The summed E-state index contributed by atoms with van der Waals surface area (Å²) in [5.74, 6) is 0.142. The van der Waals surface area contributed by atoms with Crippen molar-refractivity contribution in [3.63, 3.8) is 0 Å². The molecule has 2 fully saturated rings. The maximum atomic E-state index is 13.5. The lowest BCUT2D eigenvalue weighted by atomic mass is 9.89. The summed E-state index contributed by atoms with van der Waals surface area (Å²) in [7, 11) is 0. The number of rotatable bonds is 12. The minimum absolute atomic E-state index is 0.207. The number of carboxylic acid groups (broad SMARTS) is 1. The van der Waals surface area contributed by atoms with Crippen LogP contribution < -0.4 is 0 Å². The van der Waals surface area contributed by atoms with Gasteiger partial charge in [0.05, 0.1) is 17.5 Å². The SMILES string of the molecule is CCCCc1ncc(C=C2C(=O)N(CCCC)C(=O)N2CC2CCCCC2)n1Cc1ccc(C(=O)O)cc1. The zero-order valence-electron chi connectivity index (χ0n) is 22.7. The van der Waals surface area contributed by atoms with Crippen LogP contribution in [0.25, 0.3) is 6.08 Å². The Labute approximate surface area is 225 Å². The molecule has 1 aromatic carbocycles. The van der Waals surface area contributed by atoms with E-state index in [4.69, 9.17) is 0 Å². The average Bonchev–Trinajstić information content (AvgIpc) is 3.40. The van der Waals surface area contributed by atoms with Crippen LogP contribution in [0.15, 0.2) is 36.2 Å². The Morgan fingerprint density at radius 2 is 1.74 bits per heavy atom. The van der Waals surface area contributed by atoms with Crippen LogP contribution in [0, 0.1) is 5.92 Å². The molecule has 8 heteroatoms. The number of imidazole rings is 1. The zero-order valence-corrected chi connectivity index (χ0v) is 22.7. The summed E-state index contributed by atoms with van der Waals surface area (Å²) in [6.45, 7) is 5.71. The predicted octanol–water partition coefficient (Wildman–Crippen LogP) is 5.96. The van der Waals surface area contributed by atoms with Crippen LogP contribution in [0.1, 0.15) is 99.1 Å². The van der Waals surface area contributed by atoms with Gasteiger partial charge >= 0.3 is 12.0 Å². The van der Waals surface area contributed by atoms with Gasteiger partial charge in [0.2, 0.25) is 0 Å². The number of carboxylic acids is 1. The number of unbranched alkanes of at least 4 members (excludes halogenated alkanes) is 2. The molecule has 1 saturated heterocycles. The molecule has 1 N–H and O–H groups in total. The highest BCUT2D eigenvalue weighted by Gasteiger charge is 2.41. The number of amides is 3. The summed E-state index contributed by atoms with van der Waals surface area (Å²) in [5.41, 5.74) is 2.40. The predicted molar refractivity (Wildman–Crippen MR) is 147 cm³/mol. The van der Waals surface area contributed by atoms with Gasteiger partial charge in [0.15, 0.2) is 0 Å². The third-order valence-corrected chi connectivity index (χ3v) is 7.67. The normalized spacial score (nSPS) is 17.7. The average molecular weight is 521 g/mol. The van der Waals surface area contributed by atoms with E-state index in [2.05, 4.69) is 23.4 Å². The van der Waals surface area contributed by atoms with Crippen LogP contribution in [0.3, 0.4) is 0 Å². The van der Waals surface area contributed by atoms with Crippen LogP contribution in [0.5, 0.6) is 0 Å². The summed E-state index contributed by atoms with van der Waals surface area (Å²) in [6.07, 6.45) is 13.9. The summed E-state index contributed by atoms with van der Waals surface area (Å²) in [5, 5.41) is 9.25. The second-order valence-corrected chi connectivity index (χ2v) is 10.5. The van der Waals surface area contributed by atoms with Crippen LogP contribution in [0.4, 0.5) is 4.79 Å². The molecule has 2 aromatic rings. The summed E-state index contributed by atoms with van der Waals surface area (Å²) in [6, 6.07) is 6.64. The van der Waals surface area contributed by atoms with Crippen molar-refractivity contribution in [1.82, 2.24) is 19.4 Å². The number of aromatic nitrogens is 2. The molecule has 0 atom stereocenters. The molecule has 3 amide bonds. The van der Waals surface area contributed by atoms with Crippen molar-refractivity contribution in [3.8, 4) is 0 Å². The van der Waals surface area contributed by atoms with Crippen molar-refractivity contribution < 1.29 is 19.5 Å². The standard InChI is InChI=1S/C30H40N4O4/c1-3-5-12-27-31-19-25(33(27)20-23-13-15-24(16-14-23)29(36)37)18-26-28(35)32(17-6-4-2)30(38)34(26)21-22-10-8-7-9-11-22/h13-16,18-19,22H,3-12,17,20-21H2,1-2H3,(H,36,37). The molecule has 8 nitrogen and oxygen atoms in total. The number of carbonyl (C=O) groups is 3. The van der Waals surface area contributed by atoms with Crippen molar-refractivity contribution in [2.24, 2.45) is 5.92 Å². The molecule has 1 aliphatic carbocycles. The first-order valence-electron chi connectivity index (χ1n) is 14.1. The number of aryl methyl sites for hydroxylation is 1. The first kappa shape index (κ1) is 27.6. The Hall–Kier alpha value is -3.42. The van der Waals surface area contributed by atoms with E-state index >= 15 is 0 Å². The molecule has 1 aromatic heterocycles. The molecule has 0 radical (unpaired) electrons. The molecule has 1 saturated carbocycles. The molecular weight excluding hydrogens is 480 g/mol. The van der Waals surface area contributed by atoms with Gasteiger partial charge in [0, 0.05) is 26.1 Å². The summed E-state index contributed by atoms with van der Waals surface area (Å²) >= 11 is 0. The van der Waals surface area contributed by atoms with E-state index in [-0.39, 0.29) is 17.5 Å². The Balaban J connectivity index is 1.68. The van der Waals surface area contributed by atoms with Crippen molar-refractivity contribution in [3.05, 3.63) is 58.8 Å². The second kappa shape index (κ2) is 12.9. The van der Waals surface area contributed by atoms with Crippen molar-refractivity contribution in [1.29, 1.82) is 0 Å². The quantitative estimate of drug-likeness (QED) is 0.275. The fourth-order valence-electron chi connectivity index (χ4n) is 5.38. The van der Waals surface area contributed by atoms with Crippen LogP contribution in [0.2, 0.25) is 0 Å². The van der Waals surface area contributed by atoms with Gasteiger partial charge < -0.3 is 9.67 Å². The van der Waals surface area contributed by atoms with Gasteiger partial charge in [-0.3, -0.25) is 14.6 Å². The molecular formula is C30H40N4O4. The number of carbonyl (C=O) groups excluding carboxylic acids is 2. The number of imide groups is 1. The highest BCUT2D eigenvalue weighted by Crippen LogP contribution is 2.30. The molecule has 0 unspecified atom stereocenters. The fraction of sp³-hybridized carbons (Fsp3) is 0.533. The Morgan fingerprint density at radius 3 is 2.39 bits per heavy atom. The smallest absolute Gasteiger partial charge is 0.335 e. The molecule has 2 heterocycles. The summed E-state index contributed by atoms with van der Waals surface area (Å²) < 4.78 is 2.09. The summed E-state index contributed by atoms with van der Waals surface area (Å²) in [4.78, 5) is 46.0. The lowest BCUT2D eigenvalue weighted by Gasteiger charge is -2.26. The maximum Gasteiger partial charge on any atom is 0.335 e. The van der Waals surface area contributed by atoms with E-state index in [1.807, 2.05) is 18.2 Å². The monoisotopic (exact) mass is 520 g/mol. The number of aromatic carboxylic acids is 1. The lowest BCUT2D eigenvalue weighted by molar-refractivity contribution is -0.123. The van der Waals surface area contributed by atoms with E-state index in [0.29, 0.717) is 31.2 Å². The number of hydrogen-bond donors (Lipinski definition) is 1. The molecule has 0 spiro atoms. The van der Waals surface area contributed by atoms with Gasteiger partial charge in [-0.1, -0.05) is 58.1 Å². The van der Waals surface area contributed by atoms with E-state index in [1.165, 1.54) is 24.2 Å². The fourth-order valence-corrected chi connectivity index (χ4v) is 5.38. The number of nitrogens with zero attached hydrogens (tertiary/aromatic N) is 4. The van der Waals surface area contributed by atoms with Gasteiger partial charge in [-0.2, -0.15) is 0 Å². The third kappa shape index (κ3) is 6.34. The van der Waals surface area contributed by atoms with Gasteiger partial charge in [0.1, 0.15) is 11.5 Å². The molecule has 1 aliphatic heterocycles. The van der Waals surface area contributed by atoms with Crippen molar-refractivity contribution in [2.75, 3.05) is 13.1 Å². The minimum Gasteiger partial charge on any atom is -0.478 e. The molecule has 38 heavy (non-hydrogen) atoms. The Kier molecular flexibility index (Phi) is 9.37. The molecule has 0 bridgehead atoms. The molecule has 4 rings (SSSR count). The van der Waals surface area contributed by atoms with E-state index < -0.39 is 5.97 Å². The Bertz CT molecular complexity index is 1160. The number of urea groups is 1. The van der Waals surface area contributed by atoms with Crippen molar-refractivity contribution in [2.45, 2.75) is 84.6 Å². The topological polar surface area (TPSA) is 95.7 Å². The van der Waals surface area contributed by atoms with Crippen LogP contribution in [-0.4, -0.2) is 55.5 Å². The lowest BCUT2D eigenvalue weighted by Crippen LogP contribution is -2.36. The highest BCUT2D eigenvalue weighted by atomic mass is 16.4.